The van der Waals surface area contributed by atoms with Gasteiger partial charge in [0.15, 0.2) is 0 Å². The number of fused-ring (bicyclic) bond motifs is 1. The highest BCUT2D eigenvalue weighted by atomic mass is 19.3. The summed E-state index contributed by atoms with van der Waals surface area (Å²) in [5.74, 6) is -0.346. The molecule has 0 fully saturated rings. The number of methoxy groups -OCH3 is 1. The highest BCUT2D eigenvalue weighted by molar-refractivity contribution is 5.93. The Morgan fingerprint density at radius 3 is 2.59 bits per heavy atom. The summed E-state index contributed by atoms with van der Waals surface area (Å²) in [4.78, 5) is 7.09. The zero-order chi connectivity index (χ0) is 30.5. The molecule has 0 radical (unpaired) electrons. The van der Waals surface area contributed by atoms with E-state index in [0.717, 1.165) is 22.5 Å². The van der Waals surface area contributed by atoms with E-state index >= 15 is 4.39 Å². The number of ether oxygens (including phenoxy) is 1. The molecule has 41 heavy (non-hydrogen) atoms. The Morgan fingerprint density at radius 1 is 1.27 bits per heavy atom. The highest BCUT2D eigenvalue weighted by Crippen LogP contribution is 2.41. The fourth-order valence-electron chi connectivity index (χ4n) is 5.39. The van der Waals surface area contributed by atoms with Gasteiger partial charge in [-0.2, -0.15) is 0 Å². The Hall–Kier alpha value is -3.16. The van der Waals surface area contributed by atoms with Gasteiger partial charge in [0.25, 0.3) is 0 Å². The average molecular weight is 569 g/mol. The van der Waals surface area contributed by atoms with E-state index in [4.69, 9.17) is 9.73 Å². The van der Waals surface area contributed by atoms with Crippen LogP contribution in [-0.4, -0.2) is 49.1 Å². The molecule has 1 N–H and O–H groups in total. The minimum atomic E-state index is -2.41. The molecule has 1 heterocycles. The van der Waals surface area contributed by atoms with Crippen LogP contribution in [0.15, 0.2) is 65.7 Å². The van der Waals surface area contributed by atoms with E-state index in [-0.39, 0.29) is 18.4 Å². The second-order valence-corrected chi connectivity index (χ2v) is 11.3. The maximum absolute atomic E-state index is 15.5. The second-order valence-electron chi connectivity index (χ2n) is 11.3. The van der Waals surface area contributed by atoms with Crippen LogP contribution in [0.25, 0.3) is 5.57 Å². The molecule has 0 aromatic heterocycles. The summed E-state index contributed by atoms with van der Waals surface area (Å²) < 4.78 is 47.6. The van der Waals surface area contributed by atoms with Gasteiger partial charge in [-0.15, -0.1) is 0 Å². The topological polar surface area (TPSA) is 45.1 Å². The Morgan fingerprint density at radius 2 is 1.98 bits per heavy atom. The van der Waals surface area contributed by atoms with Crippen molar-refractivity contribution in [3.8, 4) is 0 Å². The molecule has 7 heteroatoms. The first-order chi connectivity index (χ1) is 19.3. The predicted molar refractivity (Wildman–Crippen MR) is 164 cm³/mol. The van der Waals surface area contributed by atoms with E-state index in [9.17, 15) is 13.9 Å². The normalized spacial score (nSPS) is 18.4. The first kappa shape index (κ1) is 32.4. The quantitative estimate of drug-likeness (QED) is 0.219. The van der Waals surface area contributed by atoms with Crippen molar-refractivity contribution in [2.45, 2.75) is 78.4 Å². The van der Waals surface area contributed by atoms with Crippen LogP contribution in [0.4, 0.5) is 24.5 Å². The number of aliphatic imine (C=N–C) groups is 1. The van der Waals surface area contributed by atoms with E-state index in [2.05, 4.69) is 18.4 Å². The number of hydrogen-bond acceptors (Lipinski definition) is 4. The number of hydrogen-bond donors (Lipinski definition) is 1. The van der Waals surface area contributed by atoms with Gasteiger partial charge in [0.05, 0.1) is 23.9 Å². The van der Waals surface area contributed by atoms with Crippen LogP contribution < -0.4 is 4.90 Å². The van der Waals surface area contributed by atoms with Gasteiger partial charge in [0, 0.05) is 43.1 Å². The third kappa shape index (κ3) is 7.77. The SMILES string of the molecule is C=C(/C=C\C(=C/C)c1cc(C)c(N=C(C)C2CC(C)c3c(CC(F)F)cccc3N2CCOC)cc1F)C(C)(C)O. The van der Waals surface area contributed by atoms with Crippen LogP contribution in [0.3, 0.4) is 0 Å². The van der Waals surface area contributed by atoms with Crippen molar-refractivity contribution in [3.05, 3.63) is 88.8 Å². The van der Waals surface area contributed by atoms with Crippen LogP contribution in [-0.2, 0) is 11.2 Å². The third-order valence-electron chi connectivity index (χ3n) is 7.78. The molecule has 1 aliphatic heterocycles. The maximum atomic E-state index is 15.5. The molecule has 0 spiro atoms. The molecular weight excluding hydrogens is 525 g/mol. The van der Waals surface area contributed by atoms with Gasteiger partial charge < -0.3 is 14.7 Å². The number of aliphatic hydroxyl groups is 1. The second kappa shape index (κ2) is 13.7. The van der Waals surface area contributed by atoms with Crippen molar-refractivity contribution in [1.29, 1.82) is 0 Å². The molecule has 2 aromatic carbocycles. The highest BCUT2D eigenvalue weighted by Gasteiger charge is 2.34. The number of allylic oxidation sites excluding steroid dienone is 3. The lowest BCUT2D eigenvalue weighted by atomic mass is 9.82. The van der Waals surface area contributed by atoms with Crippen molar-refractivity contribution >= 4 is 22.7 Å². The fraction of sp³-hybridized carbons (Fsp3) is 0.441. The zero-order valence-electron chi connectivity index (χ0n) is 25.3. The molecule has 222 valence electrons. The van der Waals surface area contributed by atoms with E-state index in [1.807, 2.05) is 39.0 Å². The number of alkyl halides is 2. The number of anilines is 1. The van der Waals surface area contributed by atoms with Crippen LogP contribution in [0, 0.1) is 12.7 Å². The molecule has 3 rings (SSSR count). The number of rotatable bonds is 11. The van der Waals surface area contributed by atoms with E-state index in [1.54, 1.807) is 45.2 Å². The van der Waals surface area contributed by atoms with E-state index < -0.39 is 17.8 Å². The van der Waals surface area contributed by atoms with Gasteiger partial charge in [0.1, 0.15) is 5.82 Å². The van der Waals surface area contributed by atoms with Gasteiger partial charge in [-0.1, -0.05) is 43.9 Å². The molecule has 2 atom stereocenters. The number of aryl methyl sites for hydroxylation is 1. The molecule has 4 nitrogen and oxygen atoms in total. The summed E-state index contributed by atoms with van der Waals surface area (Å²) in [6, 6.07) is 8.75. The summed E-state index contributed by atoms with van der Waals surface area (Å²) in [6.45, 7) is 16.0. The average Bonchev–Trinajstić information content (AvgIpc) is 2.89. The summed E-state index contributed by atoms with van der Waals surface area (Å²) in [7, 11) is 1.64. The molecule has 2 aromatic rings. The Balaban J connectivity index is 1.98. The molecule has 0 amide bonds. The van der Waals surface area contributed by atoms with Crippen molar-refractivity contribution in [2.24, 2.45) is 4.99 Å². The third-order valence-corrected chi connectivity index (χ3v) is 7.78. The number of benzene rings is 2. The first-order valence-corrected chi connectivity index (χ1v) is 14.1. The van der Waals surface area contributed by atoms with Crippen LogP contribution in [0.1, 0.15) is 69.2 Å². The number of nitrogens with zero attached hydrogens (tertiary/aromatic N) is 2. The minimum absolute atomic E-state index is 0.0526. The Bertz CT molecular complexity index is 1340. The zero-order valence-corrected chi connectivity index (χ0v) is 25.3. The number of halogens is 3. The standard InChI is InChI=1S/C34H43F3N2O2/c1-9-25(14-13-23(4)34(6,7)40)27-17-21(2)29(20-28(27)35)38-24(5)31-18-22(3)33-26(19-32(36)37)11-10-12-30(33)39(31)15-16-41-8/h9-14,17,20,22,31-32,40H,4,15-16,18-19H2,1-3,5-8H3/b14-13-,25-9+,38-24?. The molecule has 0 bridgehead atoms. The van der Waals surface area contributed by atoms with Crippen LogP contribution in [0.2, 0.25) is 0 Å². The summed E-state index contributed by atoms with van der Waals surface area (Å²) in [6.07, 6.45) is 3.28. The maximum Gasteiger partial charge on any atom is 0.242 e. The molecule has 2 unspecified atom stereocenters. The Labute approximate surface area is 243 Å². The van der Waals surface area contributed by atoms with Gasteiger partial charge >= 0.3 is 0 Å². The molecule has 0 saturated heterocycles. The lowest BCUT2D eigenvalue weighted by molar-refractivity contribution is 0.124. The smallest absolute Gasteiger partial charge is 0.242 e. The predicted octanol–water partition coefficient (Wildman–Crippen LogP) is 8.35. The van der Waals surface area contributed by atoms with Crippen molar-refractivity contribution in [3.63, 3.8) is 0 Å². The molecule has 0 aliphatic carbocycles. The Kier molecular flexibility index (Phi) is 10.8. The fourth-order valence-corrected chi connectivity index (χ4v) is 5.39. The largest absolute Gasteiger partial charge is 0.386 e. The van der Waals surface area contributed by atoms with E-state index in [1.165, 1.54) is 6.07 Å². The molecule has 1 aliphatic rings. The van der Waals surface area contributed by atoms with Crippen molar-refractivity contribution in [1.82, 2.24) is 0 Å². The monoisotopic (exact) mass is 568 g/mol. The van der Waals surface area contributed by atoms with E-state index in [0.29, 0.717) is 47.5 Å². The minimum Gasteiger partial charge on any atom is -0.386 e. The summed E-state index contributed by atoms with van der Waals surface area (Å²) in [5.41, 5.74) is 5.30. The van der Waals surface area contributed by atoms with Gasteiger partial charge in [-0.25, -0.2) is 13.2 Å². The van der Waals surface area contributed by atoms with Crippen molar-refractivity contribution in [2.75, 3.05) is 25.2 Å². The van der Waals surface area contributed by atoms with Crippen molar-refractivity contribution < 1.29 is 23.0 Å². The summed E-state index contributed by atoms with van der Waals surface area (Å²) in [5, 5.41) is 10.2. The first-order valence-electron chi connectivity index (χ1n) is 14.1. The molecular formula is C34H43F3N2O2. The van der Waals surface area contributed by atoms with Gasteiger partial charge in [0.2, 0.25) is 6.43 Å². The lowest BCUT2D eigenvalue weighted by Crippen LogP contribution is -2.46. The van der Waals surface area contributed by atoms with Crippen LogP contribution >= 0.6 is 0 Å². The summed E-state index contributed by atoms with van der Waals surface area (Å²) >= 11 is 0. The van der Waals surface area contributed by atoms with Gasteiger partial charge in [-0.3, -0.25) is 4.99 Å². The molecule has 0 saturated carbocycles. The van der Waals surface area contributed by atoms with Gasteiger partial charge in [-0.05, 0) is 86.9 Å². The van der Waals surface area contributed by atoms with Crippen LogP contribution in [0.5, 0.6) is 0 Å². The lowest BCUT2D eigenvalue weighted by Gasteiger charge is -2.42.